The Bertz CT molecular complexity index is 1710. The van der Waals surface area contributed by atoms with Crippen molar-refractivity contribution >= 4 is 53.3 Å². The highest BCUT2D eigenvalue weighted by Gasteiger charge is 2.66. The predicted octanol–water partition coefficient (Wildman–Crippen LogP) is 5.43. The molecule has 6 rings (SSSR count). The fourth-order valence-corrected chi connectivity index (χ4v) is 10.8. The zero-order chi connectivity index (χ0) is 34.4. The summed E-state index contributed by atoms with van der Waals surface area (Å²) in [6.45, 7) is 6.33. The first kappa shape index (κ1) is 34.3. The first-order chi connectivity index (χ1) is 22.9. The summed E-state index contributed by atoms with van der Waals surface area (Å²) in [6, 6.07) is 19.7. The molecular weight excluding hydrogens is 694 g/mol. The topological polar surface area (TPSA) is 129 Å². The van der Waals surface area contributed by atoms with E-state index in [0.29, 0.717) is 34.8 Å². The standard InChI is InChI=1S/C36H42BrN3O7Si/c1-22-33(48(3,4)45)31(19-32(42)39-16-6-9-27(39)21-41)47-36(22)29-18-25(37)12-15-30(29)40(35(36)44)20-23-7-5-8-26(17-23)38-34(43)24-10-13-28(46-2)14-11-24/h5,7-8,10-15,17-18,22,27,31,33,41,45H,6,9,16,19-21H2,1-4H3,(H,38,43)/t22-,27+,31+,33-,36+/m1/s1. The van der Waals surface area contributed by atoms with Crippen LogP contribution in [0, 0.1) is 5.92 Å². The summed E-state index contributed by atoms with van der Waals surface area (Å²) in [5, 5.41) is 12.8. The molecule has 254 valence electrons. The number of aliphatic hydroxyl groups excluding tert-OH is 1. The number of fused-ring (bicyclic) bond motifs is 2. The highest BCUT2D eigenvalue weighted by Crippen LogP contribution is 2.60. The lowest BCUT2D eigenvalue weighted by atomic mass is 9.82. The molecule has 0 bridgehead atoms. The summed E-state index contributed by atoms with van der Waals surface area (Å²) < 4.78 is 12.8. The zero-order valence-electron chi connectivity index (χ0n) is 27.6. The van der Waals surface area contributed by atoms with Crippen LogP contribution >= 0.6 is 15.9 Å². The Morgan fingerprint density at radius 3 is 2.56 bits per heavy atom. The van der Waals surface area contributed by atoms with Gasteiger partial charge in [0.1, 0.15) is 5.75 Å². The van der Waals surface area contributed by atoms with E-state index in [0.717, 1.165) is 22.9 Å². The number of benzene rings is 3. The van der Waals surface area contributed by atoms with Crippen molar-refractivity contribution in [2.45, 2.75) is 69.1 Å². The fraction of sp³-hybridized carbons (Fsp3) is 0.417. The van der Waals surface area contributed by atoms with E-state index in [1.54, 1.807) is 47.2 Å². The Hall–Kier alpha value is -3.55. The van der Waals surface area contributed by atoms with Gasteiger partial charge in [-0.05, 0) is 86.1 Å². The fourth-order valence-electron chi connectivity index (χ4n) is 7.93. The third-order valence-electron chi connectivity index (χ3n) is 10.1. The van der Waals surface area contributed by atoms with Crippen LogP contribution in [-0.2, 0) is 26.5 Å². The quantitative estimate of drug-likeness (QED) is 0.250. The summed E-state index contributed by atoms with van der Waals surface area (Å²) in [5.41, 5.74) is 1.48. The van der Waals surface area contributed by atoms with Crippen molar-refractivity contribution in [1.82, 2.24) is 4.90 Å². The van der Waals surface area contributed by atoms with Crippen LogP contribution < -0.4 is 15.0 Å². The van der Waals surface area contributed by atoms with E-state index < -0.39 is 31.5 Å². The van der Waals surface area contributed by atoms with Crippen molar-refractivity contribution in [3.05, 3.63) is 87.9 Å². The Morgan fingerprint density at radius 2 is 1.88 bits per heavy atom. The van der Waals surface area contributed by atoms with Crippen molar-refractivity contribution < 1.29 is 33.8 Å². The van der Waals surface area contributed by atoms with Crippen LogP contribution in [0.5, 0.6) is 5.75 Å². The van der Waals surface area contributed by atoms with Gasteiger partial charge in [0.15, 0.2) is 13.9 Å². The lowest BCUT2D eigenvalue weighted by Crippen LogP contribution is -2.46. The first-order valence-corrected chi connectivity index (χ1v) is 20.2. The molecule has 3 aliphatic heterocycles. The molecule has 0 unspecified atom stereocenters. The van der Waals surface area contributed by atoms with E-state index in [2.05, 4.69) is 21.2 Å². The number of hydrogen-bond donors (Lipinski definition) is 3. The molecule has 0 aromatic heterocycles. The average molecular weight is 737 g/mol. The molecule has 2 saturated heterocycles. The molecule has 0 aliphatic carbocycles. The van der Waals surface area contributed by atoms with E-state index in [-0.39, 0.29) is 43.3 Å². The van der Waals surface area contributed by atoms with Crippen molar-refractivity contribution in [3.8, 4) is 5.75 Å². The lowest BCUT2D eigenvalue weighted by molar-refractivity contribution is -0.150. The third-order valence-corrected chi connectivity index (χ3v) is 13.1. The van der Waals surface area contributed by atoms with Gasteiger partial charge in [0.25, 0.3) is 11.8 Å². The molecule has 5 atom stereocenters. The first-order valence-electron chi connectivity index (χ1n) is 16.3. The van der Waals surface area contributed by atoms with Gasteiger partial charge in [-0.25, -0.2) is 0 Å². The predicted molar refractivity (Wildman–Crippen MR) is 188 cm³/mol. The second kappa shape index (κ2) is 13.4. The summed E-state index contributed by atoms with van der Waals surface area (Å²) in [5.74, 6) is -0.408. The highest BCUT2D eigenvalue weighted by atomic mass is 79.9. The van der Waals surface area contributed by atoms with Crippen LogP contribution in [-0.4, -0.2) is 73.2 Å². The number of nitrogens with zero attached hydrogens (tertiary/aromatic N) is 2. The van der Waals surface area contributed by atoms with Crippen LogP contribution in [0.4, 0.5) is 11.4 Å². The number of halogens is 1. The molecule has 3 N–H and O–H groups in total. The van der Waals surface area contributed by atoms with Gasteiger partial charge in [-0.1, -0.05) is 35.0 Å². The third kappa shape index (κ3) is 6.20. The number of anilines is 2. The van der Waals surface area contributed by atoms with Crippen molar-refractivity contribution in [3.63, 3.8) is 0 Å². The largest absolute Gasteiger partial charge is 0.497 e. The van der Waals surface area contributed by atoms with Gasteiger partial charge in [0.2, 0.25) is 5.91 Å². The minimum atomic E-state index is -2.97. The van der Waals surface area contributed by atoms with Crippen molar-refractivity contribution in [2.24, 2.45) is 5.92 Å². The molecule has 3 heterocycles. The van der Waals surface area contributed by atoms with Crippen LogP contribution in [0.2, 0.25) is 18.6 Å². The number of carbonyl (C=O) groups excluding carboxylic acids is 3. The molecule has 3 aliphatic rings. The molecule has 3 aromatic rings. The van der Waals surface area contributed by atoms with Crippen LogP contribution in [0.1, 0.15) is 47.7 Å². The maximum absolute atomic E-state index is 14.8. The molecule has 1 spiro atoms. The SMILES string of the molecule is COc1ccc(C(=O)Nc2cccc(CN3C(=O)[C@@]4(O[C@@H](CC(=O)N5CCC[C@H]5CO)[C@H]([Si](C)(C)O)[C@H]4C)c4cc(Br)ccc43)c2)cc1. The Balaban J connectivity index is 1.29. The van der Waals surface area contributed by atoms with E-state index in [1.165, 1.54) is 0 Å². The Morgan fingerprint density at radius 1 is 1.12 bits per heavy atom. The molecule has 3 amide bonds. The van der Waals surface area contributed by atoms with E-state index in [1.807, 2.05) is 56.4 Å². The number of ether oxygens (including phenoxy) is 2. The van der Waals surface area contributed by atoms with Gasteiger partial charge in [-0.2, -0.15) is 0 Å². The molecule has 0 radical (unpaired) electrons. The number of rotatable bonds is 9. The minimum Gasteiger partial charge on any atom is -0.497 e. The number of methoxy groups -OCH3 is 1. The van der Waals surface area contributed by atoms with E-state index >= 15 is 0 Å². The Kier molecular flexibility index (Phi) is 9.58. The van der Waals surface area contributed by atoms with E-state index in [9.17, 15) is 24.3 Å². The van der Waals surface area contributed by atoms with Gasteiger partial charge in [0, 0.05) is 39.3 Å². The minimum absolute atomic E-state index is 0.0246. The monoisotopic (exact) mass is 735 g/mol. The van der Waals surface area contributed by atoms with Gasteiger partial charge in [0.05, 0.1) is 44.5 Å². The second-order valence-electron chi connectivity index (χ2n) is 13.6. The molecule has 2 fully saturated rings. The molecule has 0 saturated carbocycles. The molecule has 12 heteroatoms. The maximum Gasteiger partial charge on any atom is 0.264 e. The van der Waals surface area contributed by atoms with Crippen molar-refractivity contribution in [1.29, 1.82) is 0 Å². The maximum atomic E-state index is 14.8. The normalized spacial score (nSPS) is 25.1. The average Bonchev–Trinajstić information content (AvgIpc) is 3.71. The molecule has 3 aromatic carbocycles. The van der Waals surface area contributed by atoms with Gasteiger partial charge in [-0.15, -0.1) is 0 Å². The Labute approximate surface area is 290 Å². The van der Waals surface area contributed by atoms with Gasteiger partial charge in [-0.3, -0.25) is 14.4 Å². The highest BCUT2D eigenvalue weighted by molar-refractivity contribution is 9.10. The van der Waals surface area contributed by atoms with Crippen LogP contribution in [0.3, 0.4) is 0 Å². The van der Waals surface area contributed by atoms with Crippen LogP contribution in [0.15, 0.2) is 71.2 Å². The lowest BCUT2D eigenvalue weighted by Gasteiger charge is -2.33. The smallest absolute Gasteiger partial charge is 0.264 e. The summed E-state index contributed by atoms with van der Waals surface area (Å²) in [4.78, 5) is 56.4. The number of aliphatic hydroxyl groups is 1. The van der Waals surface area contributed by atoms with E-state index in [4.69, 9.17) is 9.47 Å². The summed E-state index contributed by atoms with van der Waals surface area (Å²) in [6.07, 6.45) is 0.926. The number of nitrogens with one attached hydrogen (secondary N) is 1. The molecule has 10 nitrogen and oxygen atoms in total. The molecule has 48 heavy (non-hydrogen) atoms. The zero-order valence-corrected chi connectivity index (χ0v) is 30.2. The number of amides is 3. The second-order valence-corrected chi connectivity index (χ2v) is 18.5. The number of likely N-dealkylation sites (tertiary alicyclic amines) is 1. The summed E-state index contributed by atoms with van der Waals surface area (Å²) >= 11 is 3.59. The number of hydrogen-bond acceptors (Lipinski definition) is 7. The van der Waals surface area contributed by atoms with Gasteiger partial charge < -0.3 is 34.5 Å². The van der Waals surface area contributed by atoms with Crippen molar-refractivity contribution in [2.75, 3.05) is 30.5 Å². The number of carbonyl (C=O) groups is 3. The summed E-state index contributed by atoms with van der Waals surface area (Å²) in [7, 11) is -1.40. The molecular formula is C36H42BrN3O7Si. The van der Waals surface area contributed by atoms with Gasteiger partial charge >= 0.3 is 0 Å². The van der Waals surface area contributed by atoms with Crippen LogP contribution in [0.25, 0.3) is 0 Å².